The molecule has 0 fully saturated rings. The normalized spacial score (nSPS) is 13.3. The number of hydrogen-bond acceptors (Lipinski definition) is 2. The molecule has 0 atom stereocenters. The molecule has 138 valence electrons. The number of benzene rings is 2. The van der Waals surface area contributed by atoms with Gasteiger partial charge in [0.1, 0.15) is 0 Å². The predicted octanol–water partition coefficient (Wildman–Crippen LogP) is 4.14. The second-order valence-electron chi connectivity index (χ2n) is 7.14. The number of anilines is 1. The van der Waals surface area contributed by atoms with Crippen LogP contribution in [-0.2, 0) is 24.1 Å². The minimum Gasteiger partial charge on any atom is -0.371 e. The number of hydrogen-bond donors (Lipinski definition) is 1. The molecule has 0 spiro atoms. The first-order valence-corrected chi connectivity index (χ1v) is 9.93. The zero-order chi connectivity index (χ0) is 18.2. The summed E-state index contributed by atoms with van der Waals surface area (Å²) in [6.45, 7) is 5.27. The number of nitrogens with one attached hydrogen (secondary N) is 1. The second kappa shape index (κ2) is 9.42. The summed E-state index contributed by atoms with van der Waals surface area (Å²) in [6.07, 6.45) is 5.87. The van der Waals surface area contributed by atoms with Crippen molar-refractivity contribution in [3.05, 3.63) is 65.2 Å². The lowest BCUT2D eigenvalue weighted by molar-refractivity contribution is -0.121. The van der Waals surface area contributed by atoms with E-state index in [2.05, 4.69) is 47.5 Å². The largest absolute Gasteiger partial charge is 0.371 e. The van der Waals surface area contributed by atoms with Crippen LogP contribution in [-0.4, -0.2) is 25.5 Å². The molecule has 1 aliphatic heterocycles. The molecule has 0 aromatic heterocycles. The molecule has 1 aliphatic rings. The molecule has 2 aromatic carbocycles. The Morgan fingerprint density at radius 1 is 1.08 bits per heavy atom. The maximum Gasteiger partial charge on any atom is 0.220 e. The van der Waals surface area contributed by atoms with E-state index in [9.17, 15) is 4.79 Å². The van der Waals surface area contributed by atoms with E-state index in [1.807, 2.05) is 18.2 Å². The fourth-order valence-corrected chi connectivity index (χ4v) is 3.72. The minimum atomic E-state index is 0.140. The van der Waals surface area contributed by atoms with Crippen LogP contribution in [0, 0.1) is 0 Å². The van der Waals surface area contributed by atoms with E-state index in [4.69, 9.17) is 0 Å². The van der Waals surface area contributed by atoms with Gasteiger partial charge in [0.2, 0.25) is 5.91 Å². The van der Waals surface area contributed by atoms with Crippen LogP contribution in [0.25, 0.3) is 0 Å². The van der Waals surface area contributed by atoms with Crippen molar-refractivity contribution in [2.24, 2.45) is 0 Å². The highest BCUT2D eigenvalue weighted by Gasteiger charge is 2.16. The molecule has 0 unspecified atom stereocenters. The fraction of sp³-hybridized carbons (Fsp3) is 0.435. The highest BCUT2D eigenvalue weighted by atomic mass is 16.1. The molecule has 3 rings (SSSR count). The smallest absolute Gasteiger partial charge is 0.220 e. The van der Waals surface area contributed by atoms with Gasteiger partial charge in [0, 0.05) is 31.7 Å². The standard InChI is InChI=1S/C23H30N2O/c1-2-16-25-17-6-9-21-18-20(10-12-22(21)25)14-15-24-23(26)13-11-19-7-4-3-5-8-19/h3-5,7-8,10,12,18H,2,6,9,11,13-17H2,1H3,(H,24,26). The number of carbonyl (C=O) groups is 1. The molecule has 0 radical (unpaired) electrons. The summed E-state index contributed by atoms with van der Waals surface area (Å²) in [4.78, 5) is 14.5. The van der Waals surface area contributed by atoms with E-state index < -0.39 is 0 Å². The number of fused-ring (bicyclic) bond motifs is 1. The van der Waals surface area contributed by atoms with Gasteiger partial charge in [0.15, 0.2) is 0 Å². The van der Waals surface area contributed by atoms with E-state index in [1.165, 1.54) is 48.2 Å². The summed E-state index contributed by atoms with van der Waals surface area (Å²) >= 11 is 0. The highest BCUT2D eigenvalue weighted by molar-refractivity contribution is 5.76. The summed E-state index contributed by atoms with van der Waals surface area (Å²) in [7, 11) is 0. The minimum absolute atomic E-state index is 0.140. The van der Waals surface area contributed by atoms with Crippen molar-refractivity contribution in [2.45, 2.75) is 45.4 Å². The molecular formula is C23H30N2O. The monoisotopic (exact) mass is 350 g/mol. The first-order valence-electron chi connectivity index (χ1n) is 9.93. The Labute approximate surface area is 157 Å². The van der Waals surface area contributed by atoms with Crippen LogP contribution in [0.1, 0.15) is 42.9 Å². The third-order valence-electron chi connectivity index (χ3n) is 5.07. The predicted molar refractivity (Wildman–Crippen MR) is 109 cm³/mol. The number of carbonyl (C=O) groups excluding carboxylic acids is 1. The average molecular weight is 351 g/mol. The van der Waals surface area contributed by atoms with Crippen molar-refractivity contribution in [1.29, 1.82) is 0 Å². The SMILES string of the molecule is CCCN1CCCc2cc(CCNC(=O)CCc3ccccc3)ccc21. The second-order valence-corrected chi connectivity index (χ2v) is 7.14. The van der Waals surface area contributed by atoms with Gasteiger partial charge in [-0.3, -0.25) is 4.79 Å². The third kappa shape index (κ3) is 5.10. The van der Waals surface area contributed by atoms with Gasteiger partial charge in [0.05, 0.1) is 0 Å². The van der Waals surface area contributed by atoms with Gasteiger partial charge in [-0.2, -0.15) is 0 Å². The number of rotatable bonds is 8. The Kier molecular flexibility index (Phi) is 6.70. The zero-order valence-electron chi connectivity index (χ0n) is 15.8. The van der Waals surface area contributed by atoms with Crippen LogP contribution in [0.5, 0.6) is 0 Å². The van der Waals surface area contributed by atoms with Crippen LogP contribution in [0.4, 0.5) is 5.69 Å². The highest BCUT2D eigenvalue weighted by Crippen LogP contribution is 2.28. The van der Waals surface area contributed by atoms with Crippen LogP contribution in [0.15, 0.2) is 48.5 Å². The van der Waals surface area contributed by atoms with Gasteiger partial charge >= 0.3 is 0 Å². The van der Waals surface area contributed by atoms with E-state index in [-0.39, 0.29) is 5.91 Å². The summed E-state index contributed by atoms with van der Waals surface area (Å²) in [6, 6.07) is 17.0. The van der Waals surface area contributed by atoms with E-state index in [0.717, 1.165) is 19.4 Å². The first-order chi connectivity index (χ1) is 12.8. The first kappa shape index (κ1) is 18.5. The number of amides is 1. The number of nitrogens with zero attached hydrogens (tertiary/aromatic N) is 1. The summed E-state index contributed by atoms with van der Waals surface area (Å²) in [5.41, 5.74) is 5.42. The Morgan fingerprint density at radius 2 is 1.92 bits per heavy atom. The quantitative estimate of drug-likeness (QED) is 0.776. The van der Waals surface area contributed by atoms with Gasteiger partial charge in [0.25, 0.3) is 0 Å². The summed E-state index contributed by atoms with van der Waals surface area (Å²) in [5.74, 6) is 0.140. The Bertz CT molecular complexity index is 711. The van der Waals surface area contributed by atoms with Crippen LogP contribution in [0.3, 0.4) is 0 Å². The lowest BCUT2D eigenvalue weighted by atomic mass is 9.98. The molecule has 1 N–H and O–H groups in total. The lowest BCUT2D eigenvalue weighted by Crippen LogP contribution is -2.30. The van der Waals surface area contributed by atoms with Crippen molar-refractivity contribution >= 4 is 11.6 Å². The molecule has 3 heteroatoms. The molecule has 0 bridgehead atoms. The Morgan fingerprint density at radius 3 is 2.73 bits per heavy atom. The molecule has 1 amide bonds. The van der Waals surface area contributed by atoms with Crippen molar-refractivity contribution in [2.75, 3.05) is 24.5 Å². The van der Waals surface area contributed by atoms with Crippen LogP contribution >= 0.6 is 0 Å². The average Bonchev–Trinajstić information content (AvgIpc) is 2.67. The van der Waals surface area contributed by atoms with Gasteiger partial charge < -0.3 is 10.2 Å². The van der Waals surface area contributed by atoms with Crippen molar-refractivity contribution in [3.8, 4) is 0 Å². The molecule has 26 heavy (non-hydrogen) atoms. The van der Waals surface area contributed by atoms with Crippen molar-refractivity contribution in [1.82, 2.24) is 5.32 Å². The van der Waals surface area contributed by atoms with E-state index in [1.54, 1.807) is 0 Å². The van der Waals surface area contributed by atoms with Crippen LogP contribution < -0.4 is 10.2 Å². The number of aryl methyl sites for hydroxylation is 2. The molecule has 1 heterocycles. The van der Waals surface area contributed by atoms with Gasteiger partial charge in [-0.05, 0) is 54.9 Å². The van der Waals surface area contributed by atoms with Crippen molar-refractivity contribution in [3.63, 3.8) is 0 Å². The summed E-state index contributed by atoms with van der Waals surface area (Å²) in [5, 5.41) is 3.06. The van der Waals surface area contributed by atoms with Gasteiger partial charge in [-0.25, -0.2) is 0 Å². The summed E-state index contributed by atoms with van der Waals surface area (Å²) < 4.78 is 0. The zero-order valence-corrected chi connectivity index (χ0v) is 15.8. The Hall–Kier alpha value is -2.29. The van der Waals surface area contributed by atoms with E-state index >= 15 is 0 Å². The molecule has 0 saturated heterocycles. The van der Waals surface area contributed by atoms with E-state index in [0.29, 0.717) is 13.0 Å². The molecule has 2 aromatic rings. The maximum atomic E-state index is 12.0. The molecule has 0 aliphatic carbocycles. The third-order valence-corrected chi connectivity index (χ3v) is 5.07. The topological polar surface area (TPSA) is 32.3 Å². The fourth-order valence-electron chi connectivity index (χ4n) is 3.72. The Balaban J connectivity index is 1.45. The molecule has 3 nitrogen and oxygen atoms in total. The van der Waals surface area contributed by atoms with Gasteiger partial charge in [-0.15, -0.1) is 0 Å². The van der Waals surface area contributed by atoms with Crippen LogP contribution in [0.2, 0.25) is 0 Å². The lowest BCUT2D eigenvalue weighted by Gasteiger charge is -2.31. The van der Waals surface area contributed by atoms with Gasteiger partial charge in [-0.1, -0.05) is 49.4 Å². The molecule has 0 saturated carbocycles. The molecular weight excluding hydrogens is 320 g/mol. The maximum absolute atomic E-state index is 12.0. The van der Waals surface area contributed by atoms with Crippen molar-refractivity contribution < 1.29 is 4.79 Å².